The van der Waals surface area contributed by atoms with Crippen molar-refractivity contribution in [1.29, 1.82) is 0 Å². The molecule has 10 nitrogen and oxygen atoms in total. The molecule has 37 heavy (non-hydrogen) atoms. The number of carbonyl (C=O) groups is 1. The maximum absolute atomic E-state index is 12.8. The topological polar surface area (TPSA) is 147 Å². The smallest absolute Gasteiger partial charge is 0.264 e. The molecule has 3 N–H and O–H groups in total. The molecule has 0 atom stereocenters. The first-order valence-corrected chi connectivity index (χ1v) is 13.9. The van der Waals surface area contributed by atoms with Crippen molar-refractivity contribution in [3.05, 3.63) is 102 Å². The predicted octanol–water partition coefficient (Wildman–Crippen LogP) is 3.95. The van der Waals surface area contributed by atoms with E-state index in [4.69, 9.17) is 0 Å². The summed E-state index contributed by atoms with van der Waals surface area (Å²) in [6.07, 6.45) is 0. The van der Waals surface area contributed by atoms with Crippen LogP contribution in [0.5, 0.6) is 0 Å². The Bertz CT molecular complexity index is 1640. The Labute approximate surface area is 214 Å². The van der Waals surface area contributed by atoms with Crippen LogP contribution < -0.4 is 14.8 Å². The molecule has 0 radical (unpaired) electrons. The summed E-state index contributed by atoms with van der Waals surface area (Å²) in [6.45, 7) is 3.47. The standard InChI is InChI=1S/C25H23N5O5S2/c1-17-15-18(2)27-25(26-17)30-37(34,35)23-13-11-20(12-14-23)28-24(31)19-7-6-8-21(16-19)29-36(32,33)22-9-4-3-5-10-22/h3-16,29H,1-2H3,(H,28,31)(H,26,27,30). The van der Waals surface area contributed by atoms with E-state index < -0.39 is 26.0 Å². The lowest BCUT2D eigenvalue weighted by molar-refractivity contribution is 0.102. The zero-order valence-electron chi connectivity index (χ0n) is 19.8. The zero-order valence-corrected chi connectivity index (χ0v) is 21.5. The first-order valence-electron chi connectivity index (χ1n) is 11.0. The quantitative estimate of drug-likeness (QED) is 0.308. The summed E-state index contributed by atoms with van der Waals surface area (Å²) in [5, 5.41) is 2.67. The SMILES string of the molecule is Cc1cc(C)nc(NS(=O)(=O)c2ccc(NC(=O)c3cccc(NS(=O)(=O)c4ccccc4)c3)cc2)n1. The minimum atomic E-state index is -3.94. The third-order valence-corrected chi connectivity index (χ3v) is 7.80. The van der Waals surface area contributed by atoms with Crippen molar-refractivity contribution in [1.82, 2.24) is 9.97 Å². The van der Waals surface area contributed by atoms with E-state index in [1.54, 1.807) is 44.2 Å². The number of benzene rings is 3. The Morgan fingerprint density at radius 1 is 0.649 bits per heavy atom. The summed E-state index contributed by atoms with van der Waals surface area (Å²) in [5.74, 6) is -0.532. The molecule has 0 aliphatic rings. The van der Waals surface area contributed by atoms with Crippen molar-refractivity contribution in [2.24, 2.45) is 0 Å². The predicted molar refractivity (Wildman–Crippen MR) is 140 cm³/mol. The molecule has 0 spiro atoms. The number of rotatable bonds is 8. The second kappa shape index (κ2) is 10.4. The van der Waals surface area contributed by atoms with Crippen LogP contribution in [-0.2, 0) is 20.0 Å². The molecule has 0 saturated heterocycles. The molecule has 0 unspecified atom stereocenters. The third-order valence-electron chi connectivity index (χ3n) is 5.06. The molecule has 12 heteroatoms. The van der Waals surface area contributed by atoms with E-state index in [0.29, 0.717) is 17.1 Å². The van der Waals surface area contributed by atoms with Gasteiger partial charge in [-0.05, 0) is 74.5 Å². The van der Waals surface area contributed by atoms with Gasteiger partial charge >= 0.3 is 0 Å². The number of nitrogens with one attached hydrogen (secondary N) is 3. The third kappa shape index (κ3) is 6.48. The molecule has 1 aromatic heterocycles. The number of aryl methyl sites for hydroxylation is 2. The average molecular weight is 538 g/mol. The lowest BCUT2D eigenvalue weighted by Crippen LogP contribution is -2.16. The van der Waals surface area contributed by atoms with Gasteiger partial charge in [0.1, 0.15) is 0 Å². The Morgan fingerprint density at radius 2 is 1.24 bits per heavy atom. The van der Waals surface area contributed by atoms with Gasteiger partial charge in [-0.15, -0.1) is 0 Å². The van der Waals surface area contributed by atoms with E-state index in [2.05, 4.69) is 24.7 Å². The minimum absolute atomic E-state index is 0.0300. The summed E-state index contributed by atoms with van der Waals surface area (Å²) < 4.78 is 55.3. The summed E-state index contributed by atoms with van der Waals surface area (Å²) >= 11 is 0. The van der Waals surface area contributed by atoms with Crippen molar-refractivity contribution in [3.8, 4) is 0 Å². The Kier molecular flexibility index (Phi) is 7.23. The Hall–Kier alpha value is -4.29. The molecular weight excluding hydrogens is 514 g/mol. The summed E-state index contributed by atoms with van der Waals surface area (Å²) in [6, 6.07) is 21.2. The minimum Gasteiger partial charge on any atom is -0.322 e. The van der Waals surface area contributed by atoms with Crippen LogP contribution >= 0.6 is 0 Å². The van der Waals surface area contributed by atoms with E-state index in [1.165, 1.54) is 54.6 Å². The zero-order chi connectivity index (χ0) is 26.6. The molecule has 4 rings (SSSR count). The van der Waals surface area contributed by atoms with Gasteiger partial charge in [-0.1, -0.05) is 24.3 Å². The van der Waals surface area contributed by atoms with Gasteiger partial charge < -0.3 is 5.32 Å². The Balaban J connectivity index is 1.45. The first kappa shape index (κ1) is 25.8. The molecule has 0 bridgehead atoms. The number of hydrogen-bond donors (Lipinski definition) is 3. The highest BCUT2D eigenvalue weighted by molar-refractivity contribution is 7.93. The van der Waals surface area contributed by atoms with Gasteiger partial charge in [-0.25, -0.2) is 31.5 Å². The molecule has 1 amide bonds. The number of anilines is 3. The fourth-order valence-corrected chi connectivity index (χ4v) is 5.42. The van der Waals surface area contributed by atoms with Gasteiger partial charge in [0.15, 0.2) is 0 Å². The largest absolute Gasteiger partial charge is 0.322 e. The number of aromatic nitrogens is 2. The number of amides is 1. The highest BCUT2D eigenvalue weighted by atomic mass is 32.2. The molecule has 0 saturated carbocycles. The van der Waals surface area contributed by atoms with Crippen LogP contribution in [0.25, 0.3) is 0 Å². The van der Waals surface area contributed by atoms with Gasteiger partial charge in [-0.3, -0.25) is 9.52 Å². The molecule has 3 aromatic carbocycles. The maximum atomic E-state index is 12.8. The van der Waals surface area contributed by atoms with Crippen molar-refractivity contribution in [3.63, 3.8) is 0 Å². The fraction of sp³-hybridized carbons (Fsp3) is 0.0800. The van der Waals surface area contributed by atoms with Crippen molar-refractivity contribution < 1.29 is 21.6 Å². The molecule has 4 aromatic rings. The van der Waals surface area contributed by atoms with Crippen molar-refractivity contribution in [2.45, 2.75) is 23.6 Å². The van der Waals surface area contributed by atoms with Gasteiger partial charge in [0.2, 0.25) is 5.95 Å². The number of nitrogens with zero attached hydrogens (tertiary/aromatic N) is 2. The highest BCUT2D eigenvalue weighted by Gasteiger charge is 2.17. The first-order chi connectivity index (χ1) is 17.5. The summed E-state index contributed by atoms with van der Waals surface area (Å²) in [5.41, 5.74) is 2.03. The van der Waals surface area contributed by atoms with Crippen molar-refractivity contribution >= 4 is 43.3 Å². The van der Waals surface area contributed by atoms with E-state index in [9.17, 15) is 21.6 Å². The number of sulfonamides is 2. The summed E-state index contributed by atoms with van der Waals surface area (Å²) in [4.78, 5) is 21.0. The van der Waals surface area contributed by atoms with E-state index in [-0.39, 0.29) is 27.0 Å². The fourth-order valence-electron chi connectivity index (χ4n) is 3.41. The van der Waals surface area contributed by atoms with Gasteiger partial charge in [0, 0.05) is 28.3 Å². The molecule has 0 fully saturated rings. The maximum Gasteiger partial charge on any atom is 0.264 e. The molecule has 1 heterocycles. The lowest BCUT2D eigenvalue weighted by atomic mass is 10.2. The van der Waals surface area contributed by atoms with E-state index in [1.807, 2.05) is 0 Å². The van der Waals surface area contributed by atoms with E-state index in [0.717, 1.165) is 0 Å². The second-order valence-corrected chi connectivity index (χ2v) is 11.4. The van der Waals surface area contributed by atoms with Crippen LogP contribution in [0.15, 0.2) is 94.7 Å². The Morgan fingerprint density at radius 3 is 1.89 bits per heavy atom. The molecular formula is C25H23N5O5S2. The molecule has 0 aliphatic carbocycles. The second-order valence-electron chi connectivity index (χ2n) is 8.06. The monoisotopic (exact) mass is 537 g/mol. The summed E-state index contributed by atoms with van der Waals surface area (Å²) in [7, 11) is -7.76. The highest BCUT2D eigenvalue weighted by Crippen LogP contribution is 2.20. The lowest BCUT2D eigenvalue weighted by Gasteiger charge is -2.11. The van der Waals surface area contributed by atoms with Gasteiger partial charge in [-0.2, -0.15) is 0 Å². The molecule has 0 aliphatic heterocycles. The molecule has 190 valence electrons. The van der Waals surface area contributed by atoms with Crippen LogP contribution in [0.4, 0.5) is 17.3 Å². The normalized spacial score (nSPS) is 11.5. The van der Waals surface area contributed by atoms with Crippen LogP contribution in [0.2, 0.25) is 0 Å². The van der Waals surface area contributed by atoms with Gasteiger partial charge in [0.25, 0.3) is 26.0 Å². The van der Waals surface area contributed by atoms with E-state index >= 15 is 0 Å². The van der Waals surface area contributed by atoms with Crippen LogP contribution in [0.3, 0.4) is 0 Å². The van der Waals surface area contributed by atoms with Crippen LogP contribution in [0, 0.1) is 13.8 Å². The van der Waals surface area contributed by atoms with Crippen LogP contribution in [0.1, 0.15) is 21.7 Å². The number of hydrogen-bond acceptors (Lipinski definition) is 7. The average Bonchev–Trinajstić information content (AvgIpc) is 2.84. The van der Waals surface area contributed by atoms with Crippen molar-refractivity contribution in [2.75, 3.05) is 14.8 Å². The number of carbonyl (C=O) groups excluding carboxylic acids is 1. The van der Waals surface area contributed by atoms with Crippen LogP contribution in [-0.4, -0.2) is 32.7 Å². The van der Waals surface area contributed by atoms with Gasteiger partial charge in [0.05, 0.1) is 9.79 Å².